The molecule has 2 aromatic rings. The van der Waals surface area contributed by atoms with Gasteiger partial charge in [0.2, 0.25) is 0 Å². The van der Waals surface area contributed by atoms with E-state index in [4.69, 9.17) is 4.74 Å². The Morgan fingerprint density at radius 1 is 1.10 bits per heavy atom. The maximum absolute atomic E-state index is 13.6. The second-order valence-electron chi connectivity index (χ2n) is 5.09. The molecule has 0 amide bonds. The lowest BCUT2D eigenvalue weighted by atomic mass is 9.99. The Hall–Kier alpha value is -1.94. The van der Waals surface area contributed by atoms with Crippen LogP contribution in [0, 0.1) is 25.5 Å². The molecule has 2 aromatic carbocycles. The van der Waals surface area contributed by atoms with Gasteiger partial charge < -0.3 is 10.1 Å². The monoisotopic (exact) mass is 291 g/mol. The molecule has 0 bridgehead atoms. The number of nitrogens with one attached hydrogen (secondary N) is 1. The van der Waals surface area contributed by atoms with E-state index in [0.29, 0.717) is 0 Å². The van der Waals surface area contributed by atoms with Gasteiger partial charge in [0.1, 0.15) is 12.4 Å². The number of halogens is 2. The highest BCUT2D eigenvalue weighted by Gasteiger charge is 2.14. The number of likely N-dealkylation sites (N-methyl/N-ethyl adjacent to an activating group) is 1. The minimum Gasteiger partial charge on any atom is -0.489 e. The number of rotatable bonds is 5. The molecule has 0 fully saturated rings. The summed E-state index contributed by atoms with van der Waals surface area (Å²) in [6.07, 6.45) is 0. The van der Waals surface area contributed by atoms with E-state index in [1.165, 1.54) is 12.1 Å². The number of aryl methyl sites for hydroxylation is 2. The van der Waals surface area contributed by atoms with E-state index >= 15 is 0 Å². The summed E-state index contributed by atoms with van der Waals surface area (Å²) in [4.78, 5) is 0. The molecular weight excluding hydrogens is 272 g/mol. The van der Waals surface area contributed by atoms with Crippen LogP contribution in [0.15, 0.2) is 36.4 Å². The van der Waals surface area contributed by atoms with E-state index in [2.05, 4.69) is 11.4 Å². The molecule has 0 spiro atoms. The quantitative estimate of drug-likeness (QED) is 0.901. The van der Waals surface area contributed by atoms with Crippen molar-refractivity contribution in [2.75, 3.05) is 13.7 Å². The Morgan fingerprint density at radius 2 is 1.86 bits per heavy atom. The molecule has 0 heterocycles. The van der Waals surface area contributed by atoms with E-state index in [-0.39, 0.29) is 18.4 Å². The highest BCUT2D eigenvalue weighted by molar-refractivity contribution is 5.33. The second kappa shape index (κ2) is 6.68. The van der Waals surface area contributed by atoms with Crippen LogP contribution in [0.1, 0.15) is 22.7 Å². The van der Waals surface area contributed by atoms with Crippen molar-refractivity contribution >= 4 is 0 Å². The van der Waals surface area contributed by atoms with Crippen molar-refractivity contribution in [3.05, 3.63) is 64.7 Å². The van der Waals surface area contributed by atoms with Gasteiger partial charge in [0, 0.05) is 6.07 Å². The average molecular weight is 291 g/mol. The van der Waals surface area contributed by atoms with Crippen LogP contribution in [-0.2, 0) is 0 Å². The molecule has 0 saturated carbocycles. The molecule has 0 aromatic heterocycles. The number of benzene rings is 2. The van der Waals surface area contributed by atoms with Crippen LogP contribution in [0.3, 0.4) is 0 Å². The Kier molecular flexibility index (Phi) is 4.91. The lowest BCUT2D eigenvalue weighted by Crippen LogP contribution is -2.24. The van der Waals surface area contributed by atoms with Crippen LogP contribution < -0.4 is 10.1 Å². The summed E-state index contributed by atoms with van der Waals surface area (Å²) in [6.45, 7) is 4.32. The van der Waals surface area contributed by atoms with Crippen molar-refractivity contribution in [1.29, 1.82) is 0 Å². The van der Waals surface area contributed by atoms with Gasteiger partial charge in [-0.15, -0.1) is 0 Å². The van der Waals surface area contributed by atoms with Gasteiger partial charge in [-0.25, -0.2) is 8.78 Å². The Morgan fingerprint density at radius 3 is 2.52 bits per heavy atom. The van der Waals surface area contributed by atoms with E-state index in [0.717, 1.165) is 22.8 Å². The first-order valence-corrected chi connectivity index (χ1v) is 6.83. The molecule has 0 saturated heterocycles. The van der Waals surface area contributed by atoms with Crippen LogP contribution in [0.5, 0.6) is 5.75 Å². The SMILES string of the molecule is CNC(COc1ccc(F)cc1F)c1cc(C)ccc1C. The van der Waals surface area contributed by atoms with Gasteiger partial charge in [-0.05, 0) is 44.2 Å². The smallest absolute Gasteiger partial charge is 0.167 e. The zero-order valence-electron chi connectivity index (χ0n) is 12.4. The normalized spacial score (nSPS) is 12.2. The fourth-order valence-electron chi connectivity index (χ4n) is 2.23. The van der Waals surface area contributed by atoms with E-state index in [1.807, 2.05) is 33.0 Å². The molecule has 112 valence electrons. The van der Waals surface area contributed by atoms with Crippen LogP contribution in [0.2, 0.25) is 0 Å². The third-order valence-corrected chi connectivity index (χ3v) is 3.46. The van der Waals surface area contributed by atoms with Gasteiger partial charge in [-0.1, -0.05) is 23.8 Å². The third kappa shape index (κ3) is 3.79. The lowest BCUT2D eigenvalue weighted by Gasteiger charge is -2.20. The van der Waals surface area contributed by atoms with Gasteiger partial charge in [-0.3, -0.25) is 0 Å². The Bertz CT molecular complexity index is 628. The first-order valence-electron chi connectivity index (χ1n) is 6.83. The molecule has 1 unspecified atom stereocenters. The maximum atomic E-state index is 13.6. The zero-order valence-corrected chi connectivity index (χ0v) is 12.4. The molecule has 0 aliphatic rings. The van der Waals surface area contributed by atoms with E-state index < -0.39 is 11.6 Å². The van der Waals surface area contributed by atoms with Crippen molar-refractivity contribution in [3.63, 3.8) is 0 Å². The summed E-state index contributed by atoms with van der Waals surface area (Å²) in [6, 6.07) is 9.43. The molecule has 0 aliphatic heterocycles. The summed E-state index contributed by atoms with van der Waals surface area (Å²) in [5, 5.41) is 3.17. The van der Waals surface area contributed by atoms with Crippen molar-refractivity contribution in [2.45, 2.75) is 19.9 Å². The first kappa shape index (κ1) is 15.4. The first-order chi connectivity index (χ1) is 10.0. The maximum Gasteiger partial charge on any atom is 0.167 e. The number of hydrogen-bond acceptors (Lipinski definition) is 2. The standard InChI is InChI=1S/C17H19F2NO/c1-11-4-5-12(2)14(8-11)16(20-3)10-21-17-7-6-13(18)9-15(17)19/h4-9,16,20H,10H2,1-3H3. The molecular formula is C17H19F2NO. The van der Waals surface area contributed by atoms with Crippen molar-refractivity contribution in [3.8, 4) is 5.75 Å². The van der Waals surface area contributed by atoms with Gasteiger partial charge >= 0.3 is 0 Å². The topological polar surface area (TPSA) is 21.3 Å². The lowest BCUT2D eigenvalue weighted by molar-refractivity contribution is 0.260. The van der Waals surface area contributed by atoms with Crippen LogP contribution >= 0.6 is 0 Å². The average Bonchev–Trinajstić information content (AvgIpc) is 2.45. The van der Waals surface area contributed by atoms with Crippen molar-refractivity contribution in [2.24, 2.45) is 0 Å². The predicted molar refractivity (Wildman–Crippen MR) is 79.6 cm³/mol. The van der Waals surface area contributed by atoms with Gasteiger partial charge in [0.15, 0.2) is 11.6 Å². The minimum absolute atomic E-state index is 0.0574. The molecule has 1 N–H and O–H groups in total. The number of hydrogen-bond donors (Lipinski definition) is 1. The largest absolute Gasteiger partial charge is 0.489 e. The Balaban J connectivity index is 2.14. The fraction of sp³-hybridized carbons (Fsp3) is 0.294. The molecule has 2 rings (SSSR count). The molecule has 0 radical (unpaired) electrons. The zero-order chi connectivity index (χ0) is 15.4. The van der Waals surface area contributed by atoms with E-state index in [9.17, 15) is 8.78 Å². The van der Waals surface area contributed by atoms with Gasteiger partial charge in [0.25, 0.3) is 0 Å². The second-order valence-corrected chi connectivity index (χ2v) is 5.09. The molecule has 2 nitrogen and oxygen atoms in total. The summed E-state index contributed by atoms with van der Waals surface area (Å²) in [5.74, 6) is -1.24. The van der Waals surface area contributed by atoms with Crippen LogP contribution in [0.4, 0.5) is 8.78 Å². The fourth-order valence-corrected chi connectivity index (χ4v) is 2.23. The van der Waals surface area contributed by atoms with Crippen molar-refractivity contribution < 1.29 is 13.5 Å². The predicted octanol–water partition coefficient (Wildman–Crippen LogP) is 3.92. The van der Waals surface area contributed by atoms with Crippen LogP contribution in [-0.4, -0.2) is 13.7 Å². The van der Waals surface area contributed by atoms with Gasteiger partial charge in [-0.2, -0.15) is 0 Å². The van der Waals surface area contributed by atoms with Crippen LogP contribution in [0.25, 0.3) is 0 Å². The molecule has 4 heteroatoms. The number of ether oxygens (including phenoxy) is 1. The molecule has 0 aliphatic carbocycles. The van der Waals surface area contributed by atoms with Crippen molar-refractivity contribution in [1.82, 2.24) is 5.32 Å². The Labute approximate surface area is 123 Å². The van der Waals surface area contributed by atoms with Gasteiger partial charge in [0.05, 0.1) is 6.04 Å². The highest BCUT2D eigenvalue weighted by Crippen LogP contribution is 2.22. The third-order valence-electron chi connectivity index (χ3n) is 3.46. The summed E-state index contributed by atoms with van der Waals surface area (Å²) in [5.41, 5.74) is 3.41. The molecule has 1 atom stereocenters. The summed E-state index contributed by atoms with van der Waals surface area (Å²) >= 11 is 0. The molecule has 21 heavy (non-hydrogen) atoms. The van der Waals surface area contributed by atoms with E-state index in [1.54, 1.807) is 0 Å². The minimum atomic E-state index is -0.689. The summed E-state index contributed by atoms with van der Waals surface area (Å²) in [7, 11) is 1.83. The highest BCUT2D eigenvalue weighted by atomic mass is 19.1. The summed E-state index contributed by atoms with van der Waals surface area (Å²) < 4.78 is 31.9.